The van der Waals surface area contributed by atoms with Gasteiger partial charge in [0.2, 0.25) is 0 Å². The van der Waals surface area contributed by atoms with Crippen molar-refractivity contribution >= 4 is 17.4 Å². The molecule has 1 saturated heterocycles. The van der Waals surface area contributed by atoms with Gasteiger partial charge in [-0.15, -0.1) is 11.3 Å². The fourth-order valence-electron chi connectivity index (χ4n) is 3.90. The Bertz CT molecular complexity index is 525. The van der Waals surface area contributed by atoms with Gasteiger partial charge in [0.1, 0.15) is 0 Å². The van der Waals surface area contributed by atoms with Gasteiger partial charge >= 0.3 is 6.03 Å². The number of nitrogens with one attached hydrogen (secondary N) is 1. The summed E-state index contributed by atoms with van der Waals surface area (Å²) in [6, 6.07) is 0.615. The monoisotopic (exact) mass is 305 g/mol. The van der Waals surface area contributed by atoms with Gasteiger partial charge in [0, 0.05) is 23.9 Å². The second-order valence-corrected chi connectivity index (χ2v) is 7.59. The number of piperidine rings is 1. The summed E-state index contributed by atoms with van der Waals surface area (Å²) in [6.07, 6.45) is 8.84. The molecule has 0 unspecified atom stereocenters. The molecule has 2 atom stereocenters. The molecule has 2 heterocycles. The molecule has 2 amide bonds. The van der Waals surface area contributed by atoms with Crippen LogP contribution in [0, 0.1) is 5.92 Å². The van der Waals surface area contributed by atoms with Gasteiger partial charge in [-0.25, -0.2) is 9.78 Å². The summed E-state index contributed by atoms with van der Waals surface area (Å²) < 4.78 is 0. The summed E-state index contributed by atoms with van der Waals surface area (Å²) in [5.41, 5.74) is 1.02. The molecule has 0 spiro atoms. The molecule has 4 rings (SSSR count). The molecular formula is C16H23N3OS. The molecule has 3 fully saturated rings. The Hall–Kier alpha value is -1.10. The molecule has 3 aliphatic rings. The SMILES string of the molecule is O=C(NCc1csc(C2CC2)n1)N1CCC[C@H]2CCC[C@@H]21. The highest BCUT2D eigenvalue weighted by Gasteiger charge is 2.37. The number of carbonyl (C=O) groups excluding carboxylic acids is 1. The maximum Gasteiger partial charge on any atom is 0.317 e. The minimum atomic E-state index is 0.118. The third-order valence-electron chi connectivity index (χ3n) is 5.17. The highest BCUT2D eigenvalue weighted by atomic mass is 32.1. The molecule has 1 aliphatic heterocycles. The predicted octanol–water partition coefficient (Wildman–Crippen LogP) is 3.49. The van der Waals surface area contributed by atoms with E-state index >= 15 is 0 Å². The zero-order valence-corrected chi connectivity index (χ0v) is 13.2. The van der Waals surface area contributed by atoms with Crippen LogP contribution in [0.2, 0.25) is 0 Å². The van der Waals surface area contributed by atoms with E-state index < -0.39 is 0 Å². The first-order chi connectivity index (χ1) is 10.3. The highest BCUT2D eigenvalue weighted by molar-refractivity contribution is 7.09. The summed E-state index contributed by atoms with van der Waals surface area (Å²) in [7, 11) is 0. The number of carbonyl (C=O) groups is 1. The minimum Gasteiger partial charge on any atom is -0.332 e. The summed E-state index contributed by atoms with van der Waals surface area (Å²) in [5, 5.41) is 6.44. The van der Waals surface area contributed by atoms with Crippen LogP contribution in [0.25, 0.3) is 0 Å². The first-order valence-corrected chi connectivity index (χ1v) is 9.18. The third kappa shape index (κ3) is 2.80. The van der Waals surface area contributed by atoms with Crippen LogP contribution < -0.4 is 5.32 Å². The van der Waals surface area contributed by atoms with E-state index in [-0.39, 0.29) is 6.03 Å². The summed E-state index contributed by atoms with van der Waals surface area (Å²) >= 11 is 1.75. The van der Waals surface area contributed by atoms with Gasteiger partial charge < -0.3 is 10.2 Å². The molecular weight excluding hydrogens is 282 g/mol. The van der Waals surface area contributed by atoms with E-state index in [0.717, 1.165) is 24.6 Å². The average Bonchev–Trinajstić information content (AvgIpc) is 3.06. The summed E-state index contributed by atoms with van der Waals surface area (Å²) in [6.45, 7) is 1.51. The number of aromatic nitrogens is 1. The zero-order valence-electron chi connectivity index (χ0n) is 12.4. The topological polar surface area (TPSA) is 45.2 Å². The van der Waals surface area contributed by atoms with Crippen LogP contribution in [0.3, 0.4) is 0 Å². The van der Waals surface area contributed by atoms with E-state index in [1.54, 1.807) is 11.3 Å². The summed E-state index contributed by atoms with van der Waals surface area (Å²) in [5.74, 6) is 1.46. The van der Waals surface area contributed by atoms with Crippen LogP contribution in [-0.4, -0.2) is 28.5 Å². The smallest absolute Gasteiger partial charge is 0.317 e. The van der Waals surface area contributed by atoms with E-state index in [1.807, 2.05) is 0 Å². The number of thiazole rings is 1. The van der Waals surface area contributed by atoms with Gasteiger partial charge in [-0.2, -0.15) is 0 Å². The van der Waals surface area contributed by atoms with Crippen LogP contribution in [0.4, 0.5) is 4.79 Å². The van der Waals surface area contributed by atoms with Gasteiger partial charge in [-0.1, -0.05) is 6.42 Å². The van der Waals surface area contributed by atoms with Crippen molar-refractivity contribution in [3.8, 4) is 0 Å². The van der Waals surface area contributed by atoms with E-state index in [0.29, 0.717) is 18.5 Å². The Kier molecular flexibility index (Phi) is 3.61. The standard InChI is InChI=1S/C16H23N3OS/c20-16(19-8-2-4-11-3-1-5-14(11)19)17-9-13-10-21-15(18-13)12-6-7-12/h10-12,14H,1-9H2,(H,17,20)/t11-,14+/m1/s1. The number of likely N-dealkylation sites (tertiary alicyclic amines) is 1. The molecule has 0 aromatic carbocycles. The van der Waals surface area contributed by atoms with E-state index in [1.165, 1.54) is 43.5 Å². The van der Waals surface area contributed by atoms with E-state index in [4.69, 9.17) is 0 Å². The molecule has 5 heteroatoms. The fourth-order valence-corrected chi connectivity index (χ4v) is 4.89. The van der Waals surface area contributed by atoms with Gasteiger partial charge in [0.05, 0.1) is 17.2 Å². The molecule has 1 N–H and O–H groups in total. The Morgan fingerprint density at radius 3 is 3.00 bits per heavy atom. The second kappa shape index (κ2) is 5.59. The van der Waals surface area contributed by atoms with E-state index in [2.05, 4.69) is 20.6 Å². The lowest BCUT2D eigenvalue weighted by Crippen LogP contribution is -2.50. The van der Waals surface area contributed by atoms with Gasteiger partial charge in [0.15, 0.2) is 0 Å². The second-order valence-electron chi connectivity index (χ2n) is 6.70. The first kappa shape index (κ1) is 13.6. The van der Waals surface area contributed by atoms with Crippen LogP contribution >= 0.6 is 11.3 Å². The van der Waals surface area contributed by atoms with Crippen molar-refractivity contribution in [3.05, 3.63) is 16.1 Å². The van der Waals surface area contributed by atoms with Crippen LogP contribution in [0.1, 0.15) is 61.6 Å². The maximum atomic E-state index is 12.5. The molecule has 114 valence electrons. The highest BCUT2D eigenvalue weighted by Crippen LogP contribution is 2.41. The van der Waals surface area contributed by atoms with Crippen molar-refractivity contribution in [2.24, 2.45) is 5.92 Å². The number of amides is 2. The molecule has 0 radical (unpaired) electrons. The molecule has 21 heavy (non-hydrogen) atoms. The molecule has 1 aromatic heterocycles. The third-order valence-corrected chi connectivity index (χ3v) is 6.23. The molecule has 1 aromatic rings. The lowest BCUT2D eigenvalue weighted by Gasteiger charge is -2.37. The molecule has 4 nitrogen and oxygen atoms in total. The molecule has 2 saturated carbocycles. The van der Waals surface area contributed by atoms with E-state index in [9.17, 15) is 4.79 Å². The van der Waals surface area contributed by atoms with Crippen molar-refractivity contribution in [3.63, 3.8) is 0 Å². The Morgan fingerprint density at radius 1 is 1.29 bits per heavy atom. The largest absolute Gasteiger partial charge is 0.332 e. The van der Waals surface area contributed by atoms with Gasteiger partial charge in [-0.3, -0.25) is 0 Å². The minimum absolute atomic E-state index is 0.118. The maximum absolute atomic E-state index is 12.5. The predicted molar refractivity (Wildman–Crippen MR) is 83.4 cm³/mol. The van der Waals surface area contributed by atoms with Crippen molar-refractivity contribution in [1.29, 1.82) is 0 Å². The Morgan fingerprint density at radius 2 is 2.14 bits per heavy atom. The summed E-state index contributed by atoms with van der Waals surface area (Å²) in [4.78, 5) is 19.2. The Balaban J connectivity index is 1.34. The number of rotatable bonds is 3. The van der Waals surface area contributed by atoms with Crippen LogP contribution in [0.15, 0.2) is 5.38 Å². The fraction of sp³-hybridized carbons (Fsp3) is 0.750. The number of hydrogen-bond acceptors (Lipinski definition) is 3. The quantitative estimate of drug-likeness (QED) is 0.929. The van der Waals surface area contributed by atoms with Crippen LogP contribution in [-0.2, 0) is 6.54 Å². The molecule has 0 bridgehead atoms. The first-order valence-electron chi connectivity index (χ1n) is 8.30. The zero-order chi connectivity index (χ0) is 14.2. The van der Waals surface area contributed by atoms with Crippen molar-refractivity contribution in [2.45, 2.75) is 63.5 Å². The van der Waals surface area contributed by atoms with Crippen molar-refractivity contribution < 1.29 is 4.79 Å². The number of fused-ring (bicyclic) bond motifs is 1. The lowest BCUT2D eigenvalue weighted by atomic mass is 9.92. The van der Waals surface area contributed by atoms with Gasteiger partial charge in [-0.05, 0) is 44.4 Å². The lowest BCUT2D eigenvalue weighted by molar-refractivity contribution is 0.128. The number of urea groups is 1. The molecule has 2 aliphatic carbocycles. The Labute approximate surface area is 129 Å². The van der Waals surface area contributed by atoms with Crippen LogP contribution in [0.5, 0.6) is 0 Å². The number of nitrogens with zero attached hydrogens (tertiary/aromatic N) is 2. The van der Waals surface area contributed by atoms with Crippen molar-refractivity contribution in [1.82, 2.24) is 15.2 Å². The normalized spacial score (nSPS) is 28.5. The average molecular weight is 305 g/mol. The number of hydrogen-bond donors (Lipinski definition) is 1. The van der Waals surface area contributed by atoms with Crippen molar-refractivity contribution in [2.75, 3.05) is 6.54 Å². The van der Waals surface area contributed by atoms with Gasteiger partial charge in [0.25, 0.3) is 0 Å².